The lowest BCUT2D eigenvalue weighted by molar-refractivity contribution is -0.139. The number of hydrogen-bond acceptors (Lipinski definition) is 6. The first-order valence-electron chi connectivity index (χ1n) is 10.1. The van der Waals surface area contributed by atoms with Gasteiger partial charge in [0.1, 0.15) is 0 Å². The quantitative estimate of drug-likeness (QED) is 0.739. The van der Waals surface area contributed by atoms with E-state index in [1.54, 1.807) is 4.90 Å². The fraction of sp³-hybridized carbons (Fsp3) is 0.789. The lowest BCUT2D eigenvalue weighted by Crippen LogP contribution is -2.57. The number of nitrogens with one attached hydrogen (secondary N) is 1. The topological polar surface area (TPSA) is 91.6 Å². The predicted molar refractivity (Wildman–Crippen MR) is 99.8 cm³/mol. The maximum Gasteiger partial charge on any atom is 0.237 e. The maximum absolute atomic E-state index is 12.9. The van der Waals surface area contributed by atoms with E-state index in [-0.39, 0.29) is 18.2 Å². The average molecular weight is 377 g/mol. The summed E-state index contributed by atoms with van der Waals surface area (Å²) >= 11 is 0. The van der Waals surface area contributed by atoms with Crippen molar-refractivity contribution in [3.63, 3.8) is 0 Å². The molecule has 0 bridgehead atoms. The maximum atomic E-state index is 12.9. The first kappa shape index (κ1) is 19.8. The van der Waals surface area contributed by atoms with Crippen LogP contribution in [0.5, 0.6) is 0 Å². The minimum Gasteiger partial charge on any atom is -0.353 e. The van der Waals surface area contributed by atoms with Crippen molar-refractivity contribution < 1.29 is 14.1 Å². The van der Waals surface area contributed by atoms with E-state index >= 15 is 0 Å². The molecule has 8 nitrogen and oxygen atoms in total. The molecule has 2 heterocycles. The van der Waals surface area contributed by atoms with Gasteiger partial charge in [0.05, 0.1) is 19.0 Å². The van der Waals surface area contributed by atoms with Crippen LogP contribution < -0.4 is 5.32 Å². The molecule has 1 saturated heterocycles. The average Bonchev–Trinajstić information content (AvgIpc) is 3.01. The van der Waals surface area contributed by atoms with Gasteiger partial charge in [0.25, 0.3) is 0 Å². The number of amides is 2. The normalized spacial score (nSPS) is 21.2. The third-order valence-electron chi connectivity index (χ3n) is 5.41. The van der Waals surface area contributed by atoms with Crippen LogP contribution in [-0.2, 0) is 16.1 Å². The fourth-order valence-electron chi connectivity index (χ4n) is 3.67. The summed E-state index contributed by atoms with van der Waals surface area (Å²) in [6, 6.07) is -0.404. The summed E-state index contributed by atoms with van der Waals surface area (Å²) in [4.78, 5) is 33.5. The summed E-state index contributed by atoms with van der Waals surface area (Å²) in [6.07, 6.45) is 3.58. The zero-order chi connectivity index (χ0) is 19.4. The zero-order valence-corrected chi connectivity index (χ0v) is 16.6. The molecule has 1 atom stereocenters. The molecule has 3 rings (SSSR count). The van der Waals surface area contributed by atoms with Gasteiger partial charge in [0, 0.05) is 32.1 Å². The Kier molecular flexibility index (Phi) is 6.46. The van der Waals surface area contributed by atoms with Crippen LogP contribution in [0.2, 0.25) is 0 Å². The molecule has 0 radical (unpaired) electrons. The van der Waals surface area contributed by atoms with E-state index in [1.807, 2.05) is 6.92 Å². The highest BCUT2D eigenvalue weighted by atomic mass is 16.5. The van der Waals surface area contributed by atoms with E-state index < -0.39 is 6.04 Å². The summed E-state index contributed by atoms with van der Waals surface area (Å²) in [5, 5.41) is 6.92. The summed E-state index contributed by atoms with van der Waals surface area (Å²) in [7, 11) is 0. The van der Waals surface area contributed by atoms with Crippen LogP contribution in [0.3, 0.4) is 0 Å². The summed E-state index contributed by atoms with van der Waals surface area (Å²) < 4.78 is 5.35. The van der Waals surface area contributed by atoms with Crippen LogP contribution >= 0.6 is 0 Å². The fourth-order valence-corrected chi connectivity index (χ4v) is 3.67. The highest BCUT2D eigenvalue weighted by Crippen LogP contribution is 2.35. The molecule has 1 saturated carbocycles. The van der Waals surface area contributed by atoms with Crippen LogP contribution in [-0.4, -0.2) is 64.0 Å². The highest BCUT2D eigenvalue weighted by Gasteiger charge is 2.33. The van der Waals surface area contributed by atoms with Gasteiger partial charge < -0.3 is 14.7 Å². The summed E-state index contributed by atoms with van der Waals surface area (Å²) in [5.74, 6) is 1.95. The van der Waals surface area contributed by atoms with Crippen LogP contribution in [0.25, 0.3) is 0 Å². The molecule has 2 aliphatic rings. The van der Waals surface area contributed by atoms with Crippen molar-refractivity contribution in [3.05, 3.63) is 11.7 Å². The minimum absolute atomic E-state index is 0.0525. The van der Waals surface area contributed by atoms with E-state index in [0.717, 1.165) is 25.9 Å². The van der Waals surface area contributed by atoms with E-state index in [4.69, 9.17) is 4.52 Å². The lowest BCUT2D eigenvalue weighted by atomic mass is 9.85. The molecule has 8 heteroatoms. The summed E-state index contributed by atoms with van der Waals surface area (Å²) in [6.45, 7) is 9.28. The molecule has 0 spiro atoms. The Hall–Kier alpha value is -1.96. The molecule has 1 N–H and O–H groups in total. The third-order valence-corrected chi connectivity index (χ3v) is 5.41. The number of aromatic nitrogens is 2. The monoisotopic (exact) mass is 377 g/mol. The molecule has 150 valence electrons. The highest BCUT2D eigenvalue weighted by molar-refractivity contribution is 5.88. The van der Waals surface area contributed by atoms with Crippen molar-refractivity contribution in [1.82, 2.24) is 25.3 Å². The van der Waals surface area contributed by atoms with Gasteiger partial charge in [-0.2, -0.15) is 4.98 Å². The second-order valence-corrected chi connectivity index (χ2v) is 7.98. The molecule has 1 aliphatic carbocycles. The largest absolute Gasteiger partial charge is 0.353 e. The molecule has 2 amide bonds. The van der Waals surface area contributed by atoms with Gasteiger partial charge in [-0.15, -0.1) is 0 Å². The van der Waals surface area contributed by atoms with Gasteiger partial charge in [0.2, 0.25) is 17.7 Å². The Balaban J connectivity index is 1.61. The van der Waals surface area contributed by atoms with Gasteiger partial charge in [-0.1, -0.05) is 25.4 Å². The summed E-state index contributed by atoms with van der Waals surface area (Å²) in [5.41, 5.74) is 0. The lowest BCUT2D eigenvalue weighted by Gasteiger charge is -2.36. The van der Waals surface area contributed by atoms with E-state index in [1.165, 1.54) is 6.42 Å². The first-order valence-corrected chi connectivity index (χ1v) is 10.1. The van der Waals surface area contributed by atoms with Gasteiger partial charge in [-0.3, -0.25) is 14.5 Å². The van der Waals surface area contributed by atoms with Crippen molar-refractivity contribution in [2.24, 2.45) is 5.92 Å². The number of nitrogens with zero attached hydrogens (tertiary/aromatic N) is 4. The van der Waals surface area contributed by atoms with Crippen LogP contribution in [0.15, 0.2) is 4.52 Å². The van der Waals surface area contributed by atoms with Crippen molar-refractivity contribution in [2.75, 3.05) is 26.2 Å². The van der Waals surface area contributed by atoms with Gasteiger partial charge in [-0.05, 0) is 25.7 Å². The molecule has 1 aliphatic heterocycles. The van der Waals surface area contributed by atoms with Crippen molar-refractivity contribution in [2.45, 2.75) is 65.0 Å². The molecule has 0 unspecified atom stereocenters. The Morgan fingerprint density at radius 3 is 2.81 bits per heavy atom. The molecular formula is C19H31N5O3. The number of carbonyl (C=O) groups excluding carboxylic acids is 2. The molecule has 2 fully saturated rings. The Morgan fingerprint density at radius 2 is 2.19 bits per heavy atom. The van der Waals surface area contributed by atoms with E-state index in [9.17, 15) is 9.59 Å². The molecule has 0 aromatic carbocycles. The Morgan fingerprint density at radius 1 is 1.41 bits per heavy atom. The Labute approximate surface area is 160 Å². The molecule has 27 heavy (non-hydrogen) atoms. The van der Waals surface area contributed by atoms with Gasteiger partial charge >= 0.3 is 0 Å². The van der Waals surface area contributed by atoms with E-state index in [0.29, 0.717) is 43.2 Å². The zero-order valence-electron chi connectivity index (χ0n) is 16.6. The minimum atomic E-state index is -0.404. The number of hydrogen-bond donors (Lipinski definition) is 1. The molecular weight excluding hydrogens is 346 g/mol. The standard InChI is InChI=1S/C19H31N5O3/c1-4-23(12-16-21-19(27-22-16)14-6-5-7-14)17(25)10-15-18(26)20-8-9-24(15)11-13(2)3/h13-15H,4-12H2,1-3H3,(H,20,26)/t15-/m1/s1. The number of rotatable bonds is 8. The van der Waals surface area contributed by atoms with Crippen LogP contribution in [0.1, 0.15) is 64.1 Å². The second-order valence-electron chi connectivity index (χ2n) is 7.98. The van der Waals surface area contributed by atoms with Crippen molar-refractivity contribution in [1.29, 1.82) is 0 Å². The van der Waals surface area contributed by atoms with Crippen LogP contribution in [0.4, 0.5) is 0 Å². The molecule has 1 aromatic rings. The van der Waals surface area contributed by atoms with Crippen molar-refractivity contribution in [3.8, 4) is 0 Å². The van der Waals surface area contributed by atoms with Crippen LogP contribution in [0, 0.1) is 5.92 Å². The first-order chi connectivity index (χ1) is 13.0. The predicted octanol–water partition coefficient (Wildman–Crippen LogP) is 1.53. The third kappa shape index (κ3) is 4.86. The van der Waals surface area contributed by atoms with Gasteiger partial charge in [-0.25, -0.2) is 0 Å². The second kappa shape index (κ2) is 8.82. The number of piperazine rings is 1. The van der Waals surface area contributed by atoms with Gasteiger partial charge in [0.15, 0.2) is 5.82 Å². The SMILES string of the molecule is CCN(Cc1noc(C2CCC2)n1)C(=O)C[C@@H]1C(=O)NCCN1CC(C)C. The van der Waals surface area contributed by atoms with Crippen molar-refractivity contribution >= 4 is 11.8 Å². The van der Waals surface area contributed by atoms with E-state index in [2.05, 4.69) is 34.2 Å². The smallest absolute Gasteiger partial charge is 0.237 e. The Bertz CT molecular complexity index is 656. The number of carbonyl (C=O) groups is 2. The molecule has 1 aromatic heterocycles.